The fourth-order valence-electron chi connectivity index (χ4n) is 4.21. The van der Waals surface area contributed by atoms with Gasteiger partial charge >= 0.3 is 0 Å². The first-order valence-corrected chi connectivity index (χ1v) is 15.6. The van der Waals surface area contributed by atoms with Crippen molar-refractivity contribution in [2.45, 2.75) is 168 Å². The molecule has 1 heteroatoms. The highest BCUT2D eigenvalue weighted by Crippen LogP contribution is 2.17. The molecule has 0 radical (unpaired) electrons. The molecule has 0 aliphatic heterocycles. The van der Waals surface area contributed by atoms with Crippen molar-refractivity contribution in [2.75, 3.05) is 0 Å². The van der Waals surface area contributed by atoms with E-state index >= 15 is 0 Å². The predicted molar refractivity (Wildman–Crippen MR) is 149 cm³/mol. The summed E-state index contributed by atoms with van der Waals surface area (Å²) in [5.74, 6) is 4.79. The third kappa shape index (κ3) is 29.9. The van der Waals surface area contributed by atoms with E-state index in [2.05, 4.69) is 37.6 Å². The Hall–Kier alpha value is -0.0900. The van der Waals surface area contributed by atoms with E-state index in [1.165, 1.54) is 154 Å². The van der Waals surface area contributed by atoms with Crippen LogP contribution in [0.5, 0.6) is 0 Å². The molecule has 0 amide bonds. The highest BCUT2D eigenvalue weighted by atomic mass is 31.1. The summed E-state index contributed by atoms with van der Waals surface area (Å²) >= 11 is 0. The Morgan fingerprint density at radius 2 is 0.613 bits per heavy atom. The molecule has 0 saturated carbocycles. The van der Waals surface area contributed by atoms with E-state index in [1.807, 2.05) is 0 Å². The fourth-order valence-corrected chi connectivity index (χ4v) is 4.93. The number of allylic oxidation sites excluding steroid dienone is 2. The second kappa shape index (κ2) is 29.9. The van der Waals surface area contributed by atoms with Crippen LogP contribution in [0, 0.1) is 0 Å². The van der Waals surface area contributed by atoms with Gasteiger partial charge in [-0.15, -0.1) is 0 Å². The van der Waals surface area contributed by atoms with E-state index in [0.29, 0.717) is 0 Å². The van der Waals surface area contributed by atoms with Crippen LogP contribution in [-0.2, 0) is 0 Å². The van der Waals surface area contributed by atoms with Crippen molar-refractivity contribution in [2.24, 2.45) is 0 Å². The summed E-state index contributed by atoms with van der Waals surface area (Å²) in [5.41, 5.74) is 0. The first-order valence-electron chi connectivity index (χ1n) is 14.5. The maximum Gasteiger partial charge on any atom is -0.0347 e. The third-order valence-electron chi connectivity index (χ3n) is 6.38. The van der Waals surface area contributed by atoms with Gasteiger partial charge in [0.05, 0.1) is 0 Å². The average molecular weight is 451 g/mol. The van der Waals surface area contributed by atoms with Gasteiger partial charge in [0.2, 0.25) is 0 Å². The minimum atomic E-state index is 0.894. The highest BCUT2D eigenvalue weighted by Gasteiger charge is 1.93. The first-order chi connectivity index (χ1) is 15.4. The van der Waals surface area contributed by atoms with Crippen LogP contribution in [0.1, 0.15) is 168 Å². The van der Waals surface area contributed by atoms with Crippen molar-refractivity contribution in [3.05, 3.63) is 23.8 Å². The van der Waals surface area contributed by atoms with E-state index < -0.39 is 0 Å². The number of unbranched alkanes of at least 4 members (excludes halogenated alkanes) is 22. The Bertz CT molecular complexity index is 323. The summed E-state index contributed by atoms with van der Waals surface area (Å²) in [5, 5.41) is 0. The molecule has 0 nitrogen and oxygen atoms in total. The molecular formula is C30H59P. The van der Waals surface area contributed by atoms with Crippen molar-refractivity contribution < 1.29 is 0 Å². The molecule has 0 bridgehead atoms. The molecule has 0 saturated heterocycles. The van der Waals surface area contributed by atoms with Crippen LogP contribution < -0.4 is 0 Å². The Kier molecular flexibility index (Phi) is 29.8. The zero-order chi connectivity index (χ0) is 22.5. The van der Waals surface area contributed by atoms with E-state index in [9.17, 15) is 0 Å². The van der Waals surface area contributed by atoms with E-state index in [1.54, 1.807) is 0 Å². The van der Waals surface area contributed by atoms with Crippen LogP contribution >= 0.6 is 8.58 Å². The molecule has 0 aromatic rings. The van der Waals surface area contributed by atoms with Crippen LogP contribution in [0.25, 0.3) is 0 Å². The molecule has 0 spiro atoms. The Balaban J connectivity index is 3.14. The molecule has 0 N–H and O–H groups in total. The molecule has 0 aromatic heterocycles. The quantitative estimate of drug-likeness (QED) is 0.0907. The molecule has 0 unspecified atom stereocenters. The van der Waals surface area contributed by atoms with Crippen LogP contribution in [0.15, 0.2) is 23.8 Å². The summed E-state index contributed by atoms with van der Waals surface area (Å²) in [6.07, 6.45) is 39.1. The fraction of sp³-hybridized carbons (Fsp3) is 0.867. The lowest BCUT2D eigenvalue weighted by Crippen LogP contribution is -1.81. The van der Waals surface area contributed by atoms with Gasteiger partial charge in [0, 0.05) is 0 Å². The number of rotatable bonds is 26. The zero-order valence-electron chi connectivity index (χ0n) is 21.8. The van der Waals surface area contributed by atoms with Gasteiger partial charge in [0.25, 0.3) is 0 Å². The summed E-state index contributed by atoms with van der Waals surface area (Å²) in [6, 6.07) is 0. The maximum atomic E-state index is 2.42. The zero-order valence-corrected chi connectivity index (χ0v) is 22.8. The summed E-state index contributed by atoms with van der Waals surface area (Å²) in [6.45, 7) is 4.60. The second-order valence-corrected chi connectivity index (χ2v) is 10.6. The van der Waals surface area contributed by atoms with Crippen molar-refractivity contribution in [1.82, 2.24) is 0 Å². The molecule has 0 aliphatic carbocycles. The molecule has 0 aliphatic rings. The maximum absolute atomic E-state index is 2.42. The van der Waals surface area contributed by atoms with Gasteiger partial charge in [0.1, 0.15) is 0 Å². The van der Waals surface area contributed by atoms with Crippen LogP contribution in [0.2, 0.25) is 0 Å². The van der Waals surface area contributed by atoms with Crippen molar-refractivity contribution in [3.8, 4) is 0 Å². The molecule has 184 valence electrons. The molecule has 0 rings (SSSR count). The topological polar surface area (TPSA) is 0 Å². The first kappa shape index (κ1) is 30.9. The van der Waals surface area contributed by atoms with Crippen LogP contribution in [-0.4, -0.2) is 0 Å². The van der Waals surface area contributed by atoms with Gasteiger partial charge < -0.3 is 0 Å². The second-order valence-electron chi connectivity index (χ2n) is 9.62. The molecular weight excluding hydrogens is 391 g/mol. The minimum Gasteiger partial charge on any atom is -0.0840 e. The van der Waals surface area contributed by atoms with Crippen molar-refractivity contribution >= 4 is 8.58 Å². The lowest BCUT2D eigenvalue weighted by Gasteiger charge is -2.01. The third-order valence-corrected chi connectivity index (χ3v) is 7.23. The number of hydrogen-bond donors (Lipinski definition) is 0. The Morgan fingerprint density at radius 1 is 0.355 bits per heavy atom. The van der Waals surface area contributed by atoms with Gasteiger partial charge in [-0.05, 0) is 25.7 Å². The monoisotopic (exact) mass is 450 g/mol. The summed E-state index contributed by atoms with van der Waals surface area (Å²) in [7, 11) is 0.894. The highest BCUT2D eigenvalue weighted by molar-refractivity contribution is 7.45. The van der Waals surface area contributed by atoms with Crippen LogP contribution in [0.4, 0.5) is 0 Å². The lowest BCUT2D eigenvalue weighted by molar-refractivity contribution is 0.550. The lowest BCUT2D eigenvalue weighted by atomic mass is 10.1. The van der Waals surface area contributed by atoms with Crippen LogP contribution in [0.3, 0.4) is 0 Å². The van der Waals surface area contributed by atoms with E-state index in [-0.39, 0.29) is 0 Å². The SMILES string of the molecule is CCCCCCCCCCCCC/C=C/P/C=C/CCCCCCCCCCCCC. The molecule has 0 aromatic carbocycles. The molecule has 0 heterocycles. The number of hydrogen-bond acceptors (Lipinski definition) is 0. The van der Waals surface area contributed by atoms with Gasteiger partial charge in [-0.25, -0.2) is 0 Å². The normalized spacial score (nSPS) is 11.9. The van der Waals surface area contributed by atoms with Gasteiger partial charge in [-0.2, -0.15) is 0 Å². The Morgan fingerprint density at radius 3 is 0.903 bits per heavy atom. The molecule has 31 heavy (non-hydrogen) atoms. The van der Waals surface area contributed by atoms with E-state index in [0.717, 1.165) is 8.58 Å². The summed E-state index contributed by atoms with van der Waals surface area (Å²) < 4.78 is 0. The predicted octanol–water partition coefficient (Wildman–Crippen LogP) is 12.1. The van der Waals surface area contributed by atoms with Crippen molar-refractivity contribution in [3.63, 3.8) is 0 Å². The minimum absolute atomic E-state index is 0.894. The Labute approximate surface area is 200 Å². The molecule has 0 atom stereocenters. The van der Waals surface area contributed by atoms with Gasteiger partial charge in [0.15, 0.2) is 0 Å². The van der Waals surface area contributed by atoms with Crippen molar-refractivity contribution in [1.29, 1.82) is 0 Å². The summed E-state index contributed by atoms with van der Waals surface area (Å²) in [4.78, 5) is 0. The van der Waals surface area contributed by atoms with Gasteiger partial charge in [-0.1, -0.05) is 175 Å². The average Bonchev–Trinajstić information content (AvgIpc) is 2.78. The van der Waals surface area contributed by atoms with Gasteiger partial charge in [-0.3, -0.25) is 0 Å². The van der Waals surface area contributed by atoms with E-state index in [4.69, 9.17) is 0 Å². The standard InChI is InChI=1S/C30H59P/c1-3-5-7-9-11-13-15-17-19-21-23-25-27-29-31-30-28-26-24-22-20-18-16-14-12-10-8-6-4-2/h27-31H,3-26H2,1-2H3/b29-27+,30-28+. The molecule has 0 fully saturated rings. The smallest absolute Gasteiger partial charge is 0.0347 e. The largest absolute Gasteiger partial charge is 0.0840 e.